The Kier molecular flexibility index (Phi) is 15.1. The minimum atomic E-state index is -3.75. The number of aromatic hydroxyl groups is 2. The van der Waals surface area contributed by atoms with E-state index in [-0.39, 0.29) is 32.4 Å². The highest BCUT2D eigenvalue weighted by Gasteiger charge is 2.29. The van der Waals surface area contributed by atoms with E-state index in [1.165, 1.54) is 81.9 Å². The zero-order valence-corrected chi connectivity index (χ0v) is 35.5. The number of amides is 2. The van der Waals surface area contributed by atoms with Gasteiger partial charge in [0.15, 0.2) is 0 Å². The maximum Gasteiger partial charge on any atom is 0.272 e. The van der Waals surface area contributed by atoms with Crippen molar-refractivity contribution >= 4 is 66.5 Å². The van der Waals surface area contributed by atoms with Crippen LogP contribution in [0, 0.1) is 0 Å². The Morgan fingerprint density at radius 2 is 1.03 bits per heavy atom. The van der Waals surface area contributed by atoms with E-state index in [0.717, 1.165) is 19.3 Å². The lowest BCUT2D eigenvalue weighted by molar-refractivity contribution is 0.0946. The van der Waals surface area contributed by atoms with E-state index in [9.17, 15) is 36.6 Å². The summed E-state index contributed by atoms with van der Waals surface area (Å²) in [6.07, 6.45) is 7.63. The monoisotopic (exact) mass is 887 g/mol. The first kappa shape index (κ1) is 45.1. The number of benzene rings is 2. The molecule has 0 spiro atoms. The number of piperazine rings is 1. The van der Waals surface area contributed by atoms with Gasteiger partial charge in [0, 0.05) is 85.2 Å². The summed E-state index contributed by atoms with van der Waals surface area (Å²) in [7, 11) is -5.51. The van der Waals surface area contributed by atoms with E-state index < -0.39 is 31.9 Å². The number of carbonyl (C=O) groups is 2. The Bertz CT molecular complexity index is 2470. The Balaban J connectivity index is 0.000000224. The van der Waals surface area contributed by atoms with Gasteiger partial charge in [0.05, 0.1) is 22.6 Å². The number of hydrogen-bond donors (Lipinski definition) is 4. The molecule has 2 aliphatic heterocycles. The number of halogens is 2. The normalized spacial score (nSPS) is 16.2. The zero-order chi connectivity index (χ0) is 42.9. The molecule has 2 aliphatic rings. The summed E-state index contributed by atoms with van der Waals surface area (Å²) in [5, 5.41) is 28.6. The summed E-state index contributed by atoms with van der Waals surface area (Å²) in [4.78, 5) is 34.7. The van der Waals surface area contributed by atoms with Gasteiger partial charge in [0.1, 0.15) is 21.3 Å². The van der Waals surface area contributed by atoms with Crippen molar-refractivity contribution in [1.29, 1.82) is 0 Å². The molecule has 0 saturated carbocycles. The van der Waals surface area contributed by atoms with Crippen LogP contribution in [0.3, 0.4) is 0 Å². The molecule has 0 bridgehead atoms. The number of hydrazone groups is 2. The van der Waals surface area contributed by atoms with Crippen LogP contribution in [0.15, 0.2) is 93.3 Å². The maximum absolute atomic E-state index is 12.9. The first-order chi connectivity index (χ1) is 28.0. The van der Waals surface area contributed by atoms with Gasteiger partial charge in [-0.25, -0.2) is 27.7 Å². The first-order valence-corrected chi connectivity index (χ1v) is 21.9. The molecular weight excluding hydrogens is 846 g/mol. The third-order valence-corrected chi connectivity index (χ3v) is 13.5. The van der Waals surface area contributed by atoms with Gasteiger partial charge in [-0.2, -0.15) is 18.8 Å². The Morgan fingerprint density at radius 1 is 0.627 bits per heavy atom. The van der Waals surface area contributed by atoms with Crippen molar-refractivity contribution in [3.8, 4) is 11.5 Å². The Labute approximate surface area is 352 Å². The van der Waals surface area contributed by atoms with Gasteiger partial charge in [-0.15, -0.1) is 0 Å². The molecule has 0 unspecified atom stereocenters. The topological polar surface area (TPSA) is 227 Å². The van der Waals surface area contributed by atoms with Crippen molar-refractivity contribution in [3.05, 3.63) is 106 Å². The van der Waals surface area contributed by atoms with E-state index in [0.29, 0.717) is 71.9 Å². The van der Waals surface area contributed by atoms with Crippen LogP contribution in [0.1, 0.15) is 65.0 Å². The number of sulfonamides is 2. The number of likely N-dealkylation sites (N-methyl/N-ethyl adjacent to an activating group) is 1. The molecule has 314 valence electrons. The van der Waals surface area contributed by atoms with Gasteiger partial charge < -0.3 is 15.1 Å². The highest BCUT2D eigenvalue weighted by atomic mass is 35.5. The van der Waals surface area contributed by atoms with Crippen LogP contribution >= 0.6 is 23.2 Å². The van der Waals surface area contributed by atoms with Crippen molar-refractivity contribution in [1.82, 2.24) is 34.3 Å². The van der Waals surface area contributed by atoms with Crippen LogP contribution in [0.25, 0.3) is 0 Å². The minimum Gasteiger partial charge on any atom is -0.507 e. The average molecular weight is 889 g/mol. The van der Waals surface area contributed by atoms with Crippen molar-refractivity contribution in [2.75, 3.05) is 46.3 Å². The van der Waals surface area contributed by atoms with E-state index in [1.807, 2.05) is 11.9 Å². The number of rotatable bonds is 10. The quantitative estimate of drug-likeness (QED) is 0.130. The average Bonchev–Trinajstić information content (AvgIpc) is 3.24. The molecule has 2 amide bonds. The molecule has 6 rings (SSSR count). The van der Waals surface area contributed by atoms with Crippen LogP contribution in [-0.4, -0.2) is 120 Å². The smallest absolute Gasteiger partial charge is 0.272 e. The summed E-state index contributed by atoms with van der Waals surface area (Å²) in [6, 6.07) is 11.5. The molecule has 59 heavy (non-hydrogen) atoms. The largest absolute Gasteiger partial charge is 0.507 e. The number of carbonyl (C=O) groups excluding carboxylic acids is 2. The molecule has 2 fully saturated rings. The van der Waals surface area contributed by atoms with E-state index in [1.54, 1.807) is 13.8 Å². The summed E-state index contributed by atoms with van der Waals surface area (Å²) in [5.41, 5.74) is 6.22. The van der Waals surface area contributed by atoms with Gasteiger partial charge >= 0.3 is 0 Å². The van der Waals surface area contributed by atoms with E-state index >= 15 is 0 Å². The third-order valence-electron chi connectivity index (χ3n) is 9.35. The van der Waals surface area contributed by atoms with Gasteiger partial charge in [-0.1, -0.05) is 29.6 Å². The van der Waals surface area contributed by atoms with Crippen molar-refractivity contribution in [3.63, 3.8) is 0 Å². The third kappa shape index (κ3) is 11.6. The second kappa shape index (κ2) is 19.8. The highest BCUT2D eigenvalue weighted by Crippen LogP contribution is 2.24. The number of phenolic OH excluding ortho intramolecular Hbond substituents is 2. The fraction of sp³-hybridized carbons (Fsp3) is 0.316. The van der Waals surface area contributed by atoms with Crippen LogP contribution < -0.4 is 10.9 Å². The summed E-state index contributed by atoms with van der Waals surface area (Å²) < 4.78 is 54.1. The lowest BCUT2D eigenvalue weighted by atomic mass is 10.1. The number of aromatic nitrogens is 2. The lowest BCUT2D eigenvalue weighted by Gasteiger charge is -2.31. The maximum atomic E-state index is 12.9. The molecular formula is C38H43Cl2N9O8S2. The predicted octanol–water partition coefficient (Wildman–Crippen LogP) is 4.30. The number of hydrogen-bond acceptors (Lipinski definition) is 13. The van der Waals surface area contributed by atoms with Crippen LogP contribution in [0.2, 0.25) is 10.0 Å². The zero-order valence-electron chi connectivity index (χ0n) is 32.3. The molecule has 4 aromatic rings. The number of nitrogens with one attached hydrogen (secondary N) is 2. The SMILES string of the molecule is C/C(=N\NC(=O)c1cncc(S(=O)(=O)N2CCCCC2)c1)c1cc(Cl)ccc1O.C/C(=N\NC(=O)c1cncc(S(=O)(=O)N2CCN(C)CC2)c1)c1cc(Cl)ccc1O. The van der Waals surface area contributed by atoms with Crippen LogP contribution in [0.5, 0.6) is 11.5 Å². The molecule has 17 nitrogen and oxygen atoms in total. The van der Waals surface area contributed by atoms with Crippen LogP contribution in [-0.2, 0) is 20.0 Å². The molecule has 2 saturated heterocycles. The van der Waals surface area contributed by atoms with Crippen molar-refractivity contribution in [2.45, 2.75) is 42.9 Å². The number of nitrogens with zero attached hydrogens (tertiary/aromatic N) is 7. The van der Waals surface area contributed by atoms with Gasteiger partial charge in [0.25, 0.3) is 11.8 Å². The number of phenols is 2. The minimum absolute atomic E-state index is 0.0267. The molecule has 0 radical (unpaired) electrons. The Hall–Kier alpha value is -5.02. The standard InChI is InChI=1S/C19H22ClN5O4S.C19H21ClN4O4S/c1-13(17-10-15(20)3-4-18(17)26)22-23-19(27)14-9-16(12-21-11-14)30(28,29)25-7-5-24(2)6-8-25;1-13(17-10-15(20)5-6-18(17)25)22-23-19(26)14-9-16(12-21-11-14)29(27,28)24-7-3-2-4-8-24/h3-4,9-12,26H,5-8H2,1-2H3,(H,23,27);5-6,9-12,25H,2-4,7-8H2,1H3,(H,23,26)/b2*22-13+. The molecule has 4 N–H and O–H groups in total. The molecule has 2 aromatic heterocycles. The first-order valence-electron chi connectivity index (χ1n) is 18.2. The number of piperidine rings is 1. The molecule has 0 aliphatic carbocycles. The highest BCUT2D eigenvalue weighted by molar-refractivity contribution is 7.89. The second-order valence-electron chi connectivity index (χ2n) is 13.6. The molecule has 21 heteroatoms. The molecule has 4 heterocycles. The van der Waals surface area contributed by atoms with E-state index in [4.69, 9.17) is 23.2 Å². The van der Waals surface area contributed by atoms with Gasteiger partial charge in [-0.05, 0) is 82.3 Å². The molecule has 2 aromatic carbocycles. The lowest BCUT2D eigenvalue weighted by Crippen LogP contribution is -2.47. The van der Waals surface area contributed by atoms with Crippen LogP contribution in [0.4, 0.5) is 0 Å². The Morgan fingerprint density at radius 3 is 1.46 bits per heavy atom. The fourth-order valence-electron chi connectivity index (χ4n) is 5.91. The summed E-state index contributed by atoms with van der Waals surface area (Å²) >= 11 is 11.8. The predicted molar refractivity (Wildman–Crippen MR) is 223 cm³/mol. The van der Waals surface area contributed by atoms with Gasteiger partial charge in [-0.3, -0.25) is 19.6 Å². The fourth-order valence-corrected chi connectivity index (χ4v) is 9.18. The number of pyridine rings is 2. The molecule has 0 atom stereocenters. The van der Waals surface area contributed by atoms with E-state index in [2.05, 4.69) is 31.0 Å². The second-order valence-corrected chi connectivity index (χ2v) is 18.3. The van der Waals surface area contributed by atoms with Crippen molar-refractivity contribution in [2.24, 2.45) is 10.2 Å². The van der Waals surface area contributed by atoms with Gasteiger partial charge in [0.2, 0.25) is 20.0 Å². The summed E-state index contributed by atoms with van der Waals surface area (Å²) in [6.45, 7) is 6.15. The summed E-state index contributed by atoms with van der Waals surface area (Å²) in [5.74, 6) is -1.30. The van der Waals surface area contributed by atoms with Crippen molar-refractivity contribution < 1.29 is 36.6 Å².